The number of thiocarbonyl (C=S) groups is 1. The van der Waals surface area contributed by atoms with E-state index < -0.39 is 5.97 Å². The van der Waals surface area contributed by atoms with Crippen molar-refractivity contribution in [3.63, 3.8) is 0 Å². The van der Waals surface area contributed by atoms with Gasteiger partial charge < -0.3 is 15.7 Å². The van der Waals surface area contributed by atoms with E-state index in [1.54, 1.807) is 12.1 Å². The molecule has 0 radical (unpaired) electrons. The Hall–Kier alpha value is -2.40. The average molecular weight is 272 g/mol. The van der Waals surface area contributed by atoms with Crippen LogP contribution in [0.1, 0.15) is 10.4 Å². The third-order valence-corrected chi connectivity index (χ3v) is 2.60. The first kappa shape index (κ1) is 13.0. The lowest BCUT2D eigenvalue weighted by Gasteiger charge is -2.10. The van der Waals surface area contributed by atoms with Crippen LogP contribution in [-0.2, 0) is 0 Å². The number of hydrogen-bond donors (Lipinski definition) is 3. The maximum absolute atomic E-state index is 10.9. The van der Waals surface area contributed by atoms with Crippen LogP contribution >= 0.6 is 12.2 Å². The molecule has 0 amide bonds. The van der Waals surface area contributed by atoms with Gasteiger partial charge in [-0.05, 0) is 42.5 Å². The van der Waals surface area contributed by atoms with Crippen LogP contribution in [0.15, 0.2) is 54.6 Å². The molecule has 0 aliphatic heterocycles. The van der Waals surface area contributed by atoms with Crippen molar-refractivity contribution in [2.45, 2.75) is 0 Å². The summed E-state index contributed by atoms with van der Waals surface area (Å²) in [6.07, 6.45) is 0. The van der Waals surface area contributed by atoms with Gasteiger partial charge in [0.1, 0.15) is 0 Å². The number of carbonyl (C=O) groups is 1. The van der Waals surface area contributed by atoms with Gasteiger partial charge in [0.2, 0.25) is 0 Å². The second-order valence-electron chi connectivity index (χ2n) is 3.83. The minimum Gasteiger partial charge on any atom is -0.478 e. The number of benzene rings is 2. The summed E-state index contributed by atoms with van der Waals surface area (Å²) in [7, 11) is 0. The highest BCUT2D eigenvalue weighted by molar-refractivity contribution is 7.80. The van der Waals surface area contributed by atoms with Gasteiger partial charge in [-0.3, -0.25) is 0 Å². The number of carboxylic acid groups (broad SMARTS) is 1. The summed E-state index contributed by atoms with van der Waals surface area (Å²) in [6, 6.07) is 16.0. The molecule has 96 valence electrons. The van der Waals surface area contributed by atoms with Crippen LogP contribution in [0.2, 0.25) is 0 Å². The molecule has 2 aromatic rings. The average Bonchev–Trinajstić information content (AvgIpc) is 2.40. The van der Waals surface area contributed by atoms with Crippen LogP contribution in [-0.4, -0.2) is 16.2 Å². The Labute approximate surface area is 116 Å². The molecule has 0 aromatic heterocycles. The molecule has 0 saturated heterocycles. The highest BCUT2D eigenvalue weighted by Gasteiger charge is 2.04. The first-order valence-electron chi connectivity index (χ1n) is 5.61. The summed E-state index contributed by atoms with van der Waals surface area (Å²) in [5.74, 6) is -0.967. The van der Waals surface area contributed by atoms with Crippen LogP contribution in [0.4, 0.5) is 11.4 Å². The van der Waals surface area contributed by atoms with Crippen LogP contribution in [0.3, 0.4) is 0 Å². The van der Waals surface area contributed by atoms with Crippen LogP contribution in [0.25, 0.3) is 0 Å². The number of rotatable bonds is 3. The largest absolute Gasteiger partial charge is 0.478 e. The molecule has 0 bridgehead atoms. The normalized spacial score (nSPS) is 9.68. The zero-order chi connectivity index (χ0) is 13.7. The molecular weight excluding hydrogens is 260 g/mol. The summed E-state index contributed by atoms with van der Waals surface area (Å²) < 4.78 is 0. The van der Waals surface area contributed by atoms with Crippen molar-refractivity contribution in [3.05, 3.63) is 60.2 Å². The van der Waals surface area contributed by atoms with Crippen molar-refractivity contribution in [2.75, 3.05) is 10.6 Å². The number of aromatic carboxylic acids is 1. The Balaban J connectivity index is 2.03. The number of carboxylic acids is 1. The zero-order valence-corrected chi connectivity index (χ0v) is 10.8. The quantitative estimate of drug-likeness (QED) is 0.749. The Morgan fingerprint density at radius 1 is 0.947 bits per heavy atom. The van der Waals surface area contributed by atoms with E-state index in [1.807, 2.05) is 30.3 Å². The number of anilines is 2. The molecule has 0 saturated carbocycles. The fourth-order valence-corrected chi connectivity index (χ4v) is 1.78. The van der Waals surface area contributed by atoms with Crippen molar-refractivity contribution in [2.24, 2.45) is 0 Å². The van der Waals surface area contributed by atoms with E-state index in [1.165, 1.54) is 12.1 Å². The maximum Gasteiger partial charge on any atom is 0.335 e. The summed E-state index contributed by atoms with van der Waals surface area (Å²) in [6.45, 7) is 0. The van der Waals surface area contributed by atoms with Gasteiger partial charge in [0.25, 0.3) is 0 Å². The monoisotopic (exact) mass is 272 g/mol. The summed E-state index contributed by atoms with van der Waals surface area (Å²) in [4.78, 5) is 10.9. The Bertz CT molecular complexity index is 599. The Morgan fingerprint density at radius 2 is 1.58 bits per heavy atom. The van der Waals surface area contributed by atoms with Gasteiger partial charge >= 0.3 is 5.97 Å². The van der Waals surface area contributed by atoms with Crippen LogP contribution < -0.4 is 10.6 Å². The van der Waals surface area contributed by atoms with Gasteiger partial charge in [0, 0.05) is 11.4 Å². The molecule has 0 unspecified atom stereocenters. The number of para-hydroxylation sites is 1. The molecule has 19 heavy (non-hydrogen) atoms. The van der Waals surface area contributed by atoms with Crippen molar-refractivity contribution in [1.82, 2.24) is 0 Å². The fourth-order valence-electron chi connectivity index (χ4n) is 1.54. The Morgan fingerprint density at radius 3 is 2.26 bits per heavy atom. The molecule has 2 aromatic carbocycles. The molecule has 0 aliphatic carbocycles. The molecule has 4 nitrogen and oxygen atoms in total. The lowest BCUT2D eigenvalue weighted by molar-refractivity contribution is 0.0697. The molecule has 0 heterocycles. The van der Waals surface area contributed by atoms with Gasteiger partial charge in [-0.2, -0.15) is 0 Å². The predicted molar refractivity (Wildman–Crippen MR) is 79.7 cm³/mol. The van der Waals surface area contributed by atoms with Gasteiger partial charge in [-0.1, -0.05) is 24.3 Å². The molecule has 0 fully saturated rings. The lowest BCUT2D eigenvalue weighted by Crippen LogP contribution is -2.19. The third-order valence-electron chi connectivity index (χ3n) is 2.40. The van der Waals surface area contributed by atoms with Gasteiger partial charge in [-0.25, -0.2) is 4.79 Å². The smallest absolute Gasteiger partial charge is 0.335 e. The topological polar surface area (TPSA) is 61.4 Å². The van der Waals surface area contributed by atoms with E-state index >= 15 is 0 Å². The van der Waals surface area contributed by atoms with E-state index in [0.717, 1.165) is 5.69 Å². The standard InChI is InChI=1S/C14H12N2O2S/c17-13(18)10-5-4-8-12(9-10)16-14(19)15-11-6-2-1-3-7-11/h1-9H,(H,17,18)(H2,15,16,19). The minimum atomic E-state index is -0.967. The number of nitrogens with one attached hydrogen (secondary N) is 2. The first-order valence-corrected chi connectivity index (χ1v) is 6.02. The molecule has 2 rings (SSSR count). The second-order valence-corrected chi connectivity index (χ2v) is 4.24. The molecule has 0 spiro atoms. The predicted octanol–water partition coefficient (Wildman–Crippen LogP) is 3.19. The van der Waals surface area contributed by atoms with E-state index in [-0.39, 0.29) is 5.56 Å². The first-order chi connectivity index (χ1) is 9.15. The maximum atomic E-state index is 10.9. The molecular formula is C14H12N2O2S. The number of hydrogen-bond acceptors (Lipinski definition) is 2. The van der Waals surface area contributed by atoms with E-state index in [2.05, 4.69) is 10.6 Å². The van der Waals surface area contributed by atoms with E-state index in [9.17, 15) is 4.79 Å². The third kappa shape index (κ3) is 3.79. The Kier molecular flexibility index (Phi) is 4.10. The fraction of sp³-hybridized carbons (Fsp3) is 0. The molecule has 3 N–H and O–H groups in total. The van der Waals surface area contributed by atoms with Crippen LogP contribution in [0, 0.1) is 0 Å². The van der Waals surface area contributed by atoms with Crippen molar-refractivity contribution >= 4 is 34.7 Å². The summed E-state index contributed by atoms with van der Waals surface area (Å²) in [5, 5.41) is 15.3. The lowest BCUT2D eigenvalue weighted by atomic mass is 10.2. The second kappa shape index (κ2) is 5.97. The molecule has 0 aliphatic rings. The highest BCUT2D eigenvalue weighted by Crippen LogP contribution is 2.12. The van der Waals surface area contributed by atoms with Crippen molar-refractivity contribution < 1.29 is 9.90 Å². The van der Waals surface area contributed by atoms with E-state index in [4.69, 9.17) is 17.3 Å². The summed E-state index contributed by atoms with van der Waals surface area (Å²) >= 11 is 5.16. The molecule has 0 atom stereocenters. The zero-order valence-electron chi connectivity index (χ0n) is 9.96. The minimum absolute atomic E-state index is 0.215. The highest BCUT2D eigenvalue weighted by atomic mass is 32.1. The van der Waals surface area contributed by atoms with Gasteiger partial charge in [0.15, 0.2) is 5.11 Å². The van der Waals surface area contributed by atoms with Crippen molar-refractivity contribution in [3.8, 4) is 0 Å². The SMILES string of the molecule is O=C(O)c1cccc(NC(=S)Nc2ccccc2)c1. The van der Waals surface area contributed by atoms with Gasteiger partial charge in [-0.15, -0.1) is 0 Å². The summed E-state index contributed by atoms with van der Waals surface area (Å²) in [5.41, 5.74) is 1.72. The van der Waals surface area contributed by atoms with Crippen molar-refractivity contribution in [1.29, 1.82) is 0 Å². The van der Waals surface area contributed by atoms with Gasteiger partial charge in [0.05, 0.1) is 5.56 Å². The van der Waals surface area contributed by atoms with Crippen LogP contribution in [0.5, 0.6) is 0 Å². The molecule has 5 heteroatoms. The van der Waals surface area contributed by atoms with E-state index in [0.29, 0.717) is 10.8 Å².